The molecule has 2 aromatic carbocycles. The zero-order valence-corrected chi connectivity index (χ0v) is 13.5. The molecule has 0 amide bonds. The van der Waals surface area contributed by atoms with Gasteiger partial charge < -0.3 is 10.1 Å². The minimum absolute atomic E-state index is 0.301. The fraction of sp³-hybridized carbons (Fsp3) is 0.400. The van der Waals surface area contributed by atoms with Crippen molar-refractivity contribution in [1.82, 2.24) is 5.32 Å². The van der Waals surface area contributed by atoms with Crippen LogP contribution >= 0.6 is 0 Å². The van der Waals surface area contributed by atoms with Crippen molar-refractivity contribution in [2.75, 3.05) is 13.1 Å². The van der Waals surface area contributed by atoms with E-state index >= 15 is 0 Å². The van der Waals surface area contributed by atoms with Crippen LogP contribution in [-0.2, 0) is 10.3 Å². The van der Waals surface area contributed by atoms with Crippen LogP contribution in [0.15, 0.2) is 60.7 Å². The second kappa shape index (κ2) is 6.64. The molecular formula is C20H25NO. The second-order valence-corrected chi connectivity index (χ2v) is 6.24. The predicted molar refractivity (Wildman–Crippen MR) is 91.0 cm³/mol. The molecule has 2 nitrogen and oxygen atoms in total. The first kappa shape index (κ1) is 15.3. The summed E-state index contributed by atoms with van der Waals surface area (Å²) in [5.74, 6) is 0.344. The molecule has 22 heavy (non-hydrogen) atoms. The average molecular weight is 295 g/mol. The van der Waals surface area contributed by atoms with Gasteiger partial charge in [0.1, 0.15) is 0 Å². The molecule has 0 spiro atoms. The van der Waals surface area contributed by atoms with Crippen LogP contribution in [0, 0.1) is 0 Å². The summed E-state index contributed by atoms with van der Waals surface area (Å²) in [7, 11) is 0. The van der Waals surface area contributed by atoms with Crippen molar-refractivity contribution in [2.45, 2.75) is 37.9 Å². The van der Waals surface area contributed by atoms with Gasteiger partial charge in [0.15, 0.2) is 0 Å². The lowest BCUT2D eigenvalue weighted by molar-refractivity contribution is -0.122. The van der Waals surface area contributed by atoms with Gasteiger partial charge in [-0.25, -0.2) is 0 Å². The Labute approximate surface area is 133 Å². The zero-order chi connectivity index (χ0) is 15.4. The monoisotopic (exact) mass is 295 g/mol. The summed E-state index contributed by atoms with van der Waals surface area (Å²) in [6, 6.07) is 21.4. The third-order valence-electron chi connectivity index (χ3n) is 4.78. The standard InChI is InChI=1S/C20H25NO/c1-3-19(16-10-6-4-7-11-16)20(2,22-18-14-21-15-18)17-12-8-5-9-13-17/h4-13,18-19,21H,3,14-15H2,1-2H3. The highest BCUT2D eigenvalue weighted by molar-refractivity contribution is 5.31. The number of benzene rings is 2. The van der Waals surface area contributed by atoms with Crippen molar-refractivity contribution < 1.29 is 4.74 Å². The van der Waals surface area contributed by atoms with Crippen molar-refractivity contribution in [3.05, 3.63) is 71.8 Å². The fourth-order valence-electron chi connectivity index (χ4n) is 3.44. The Morgan fingerprint density at radius 1 is 1.05 bits per heavy atom. The molecule has 2 atom stereocenters. The van der Waals surface area contributed by atoms with E-state index in [0.717, 1.165) is 19.5 Å². The quantitative estimate of drug-likeness (QED) is 0.867. The molecule has 0 radical (unpaired) electrons. The smallest absolute Gasteiger partial charge is 0.0976 e. The van der Waals surface area contributed by atoms with E-state index in [0.29, 0.717) is 12.0 Å². The highest BCUT2D eigenvalue weighted by Gasteiger charge is 2.40. The SMILES string of the molecule is CCC(c1ccccc1)C(C)(OC1CNC1)c1ccccc1. The molecule has 1 heterocycles. The number of rotatable bonds is 6. The van der Waals surface area contributed by atoms with Crippen molar-refractivity contribution >= 4 is 0 Å². The van der Waals surface area contributed by atoms with Crippen molar-refractivity contribution in [3.63, 3.8) is 0 Å². The molecular weight excluding hydrogens is 270 g/mol. The number of nitrogens with one attached hydrogen (secondary N) is 1. The second-order valence-electron chi connectivity index (χ2n) is 6.24. The molecule has 1 aliphatic heterocycles. The largest absolute Gasteiger partial charge is 0.364 e. The molecule has 1 saturated heterocycles. The zero-order valence-electron chi connectivity index (χ0n) is 13.5. The maximum absolute atomic E-state index is 6.60. The number of hydrogen-bond acceptors (Lipinski definition) is 2. The molecule has 1 fully saturated rings. The van der Waals surface area contributed by atoms with E-state index in [-0.39, 0.29) is 5.60 Å². The van der Waals surface area contributed by atoms with E-state index in [2.05, 4.69) is 79.8 Å². The van der Waals surface area contributed by atoms with Gasteiger partial charge in [-0.05, 0) is 24.5 Å². The van der Waals surface area contributed by atoms with Crippen molar-refractivity contribution in [3.8, 4) is 0 Å². The maximum atomic E-state index is 6.60. The Kier molecular flexibility index (Phi) is 4.60. The van der Waals surface area contributed by atoms with Gasteiger partial charge in [-0.15, -0.1) is 0 Å². The van der Waals surface area contributed by atoms with Gasteiger partial charge in [0.2, 0.25) is 0 Å². The van der Waals surface area contributed by atoms with E-state index in [1.165, 1.54) is 11.1 Å². The summed E-state index contributed by atoms with van der Waals surface area (Å²) in [4.78, 5) is 0. The van der Waals surface area contributed by atoms with Crippen LogP contribution in [0.4, 0.5) is 0 Å². The average Bonchev–Trinajstić information content (AvgIpc) is 2.54. The molecule has 0 saturated carbocycles. The first-order valence-electron chi connectivity index (χ1n) is 8.23. The lowest BCUT2D eigenvalue weighted by Crippen LogP contribution is -2.53. The summed E-state index contributed by atoms with van der Waals surface area (Å²) in [6.45, 7) is 6.41. The van der Waals surface area contributed by atoms with Crippen LogP contribution in [0.3, 0.4) is 0 Å². The van der Waals surface area contributed by atoms with Gasteiger partial charge in [-0.3, -0.25) is 0 Å². The molecule has 0 bridgehead atoms. The van der Waals surface area contributed by atoms with Crippen molar-refractivity contribution in [2.24, 2.45) is 0 Å². The minimum atomic E-state index is -0.301. The van der Waals surface area contributed by atoms with Gasteiger partial charge in [0.05, 0.1) is 11.7 Å². The van der Waals surface area contributed by atoms with Gasteiger partial charge >= 0.3 is 0 Å². The lowest BCUT2D eigenvalue weighted by Gasteiger charge is -2.43. The summed E-state index contributed by atoms with van der Waals surface area (Å²) < 4.78 is 6.60. The summed E-state index contributed by atoms with van der Waals surface area (Å²) >= 11 is 0. The predicted octanol–water partition coefficient (Wildman–Crippen LogP) is 4.08. The van der Waals surface area contributed by atoms with Crippen molar-refractivity contribution in [1.29, 1.82) is 0 Å². The third-order valence-corrected chi connectivity index (χ3v) is 4.78. The van der Waals surface area contributed by atoms with E-state index in [4.69, 9.17) is 4.74 Å². The van der Waals surface area contributed by atoms with Crippen LogP contribution < -0.4 is 5.32 Å². The highest BCUT2D eigenvalue weighted by atomic mass is 16.5. The third kappa shape index (κ3) is 2.94. The Morgan fingerprint density at radius 2 is 1.64 bits per heavy atom. The van der Waals surface area contributed by atoms with Gasteiger partial charge in [-0.1, -0.05) is 67.6 Å². The summed E-state index contributed by atoms with van der Waals surface area (Å²) in [5.41, 5.74) is 2.31. The molecule has 2 heteroatoms. The lowest BCUT2D eigenvalue weighted by atomic mass is 9.76. The van der Waals surface area contributed by atoms with Gasteiger partial charge in [-0.2, -0.15) is 0 Å². The minimum Gasteiger partial charge on any atom is -0.364 e. The maximum Gasteiger partial charge on any atom is 0.0976 e. The van der Waals surface area contributed by atoms with Crippen LogP contribution in [-0.4, -0.2) is 19.2 Å². The molecule has 116 valence electrons. The molecule has 0 aliphatic carbocycles. The first-order valence-corrected chi connectivity index (χ1v) is 8.23. The molecule has 1 N–H and O–H groups in total. The van der Waals surface area contributed by atoms with Crippen LogP contribution in [0.2, 0.25) is 0 Å². The normalized spacial score (nSPS) is 19.2. The molecule has 1 aliphatic rings. The van der Waals surface area contributed by atoms with E-state index in [1.54, 1.807) is 0 Å². The van der Waals surface area contributed by atoms with E-state index < -0.39 is 0 Å². The number of ether oxygens (including phenoxy) is 1. The van der Waals surface area contributed by atoms with E-state index in [1.807, 2.05) is 0 Å². The first-order chi connectivity index (χ1) is 10.7. The Bertz CT molecular complexity index is 579. The molecule has 2 aromatic rings. The van der Waals surface area contributed by atoms with Gasteiger partial charge in [0.25, 0.3) is 0 Å². The topological polar surface area (TPSA) is 21.3 Å². The molecule has 3 rings (SSSR count). The fourth-order valence-corrected chi connectivity index (χ4v) is 3.44. The Morgan fingerprint density at radius 3 is 2.14 bits per heavy atom. The number of hydrogen-bond donors (Lipinski definition) is 1. The molecule has 0 aromatic heterocycles. The van der Waals surface area contributed by atoms with Crippen LogP contribution in [0.25, 0.3) is 0 Å². The van der Waals surface area contributed by atoms with Gasteiger partial charge in [0, 0.05) is 19.0 Å². The Balaban J connectivity index is 1.99. The molecule has 2 unspecified atom stereocenters. The van der Waals surface area contributed by atoms with E-state index in [9.17, 15) is 0 Å². The highest BCUT2D eigenvalue weighted by Crippen LogP contribution is 2.43. The summed E-state index contributed by atoms with van der Waals surface area (Å²) in [5, 5.41) is 3.31. The Hall–Kier alpha value is -1.64. The van der Waals surface area contributed by atoms with Crippen LogP contribution in [0.5, 0.6) is 0 Å². The summed E-state index contributed by atoms with van der Waals surface area (Å²) in [6.07, 6.45) is 1.36. The van der Waals surface area contributed by atoms with Crippen LogP contribution in [0.1, 0.15) is 37.3 Å².